The second kappa shape index (κ2) is 5.92. The van der Waals surface area contributed by atoms with Crippen LogP contribution in [0.5, 0.6) is 0 Å². The van der Waals surface area contributed by atoms with Gasteiger partial charge in [0.2, 0.25) is 0 Å². The molecule has 0 spiro atoms. The lowest BCUT2D eigenvalue weighted by atomic mass is 10.1. The summed E-state index contributed by atoms with van der Waals surface area (Å²) in [5.41, 5.74) is 1.34. The maximum atomic E-state index is 13.5. The summed E-state index contributed by atoms with van der Waals surface area (Å²) >= 11 is 0. The number of nitrogens with one attached hydrogen (secondary N) is 2. The first-order valence-corrected chi connectivity index (χ1v) is 7.73. The smallest absolute Gasteiger partial charge is 0.180 e. The number of nitrogens with zero attached hydrogens (tertiary/aromatic N) is 4. The molecule has 0 saturated carbocycles. The Kier molecular flexibility index (Phi) is 3.63. The number of rotatable bonds is 3. The third-order valence-corrected chi connectivity index (χ3v) is 4.00. The van der Waals surface area contributed by atoms with Crippen LogP contribution in [0.3, 0.4) is 0 Å². The maximum Gasteiger partial charge on any atom is 0.180 e. The molecule has 1 aliphatic rings. The molecule has 3 aromatic rings. The van der Waals surface area contributed by atoms with E-state index in [9.17, 15) is 4.39 Å². The van der Waals surface area contributed by atoms with Crippen molar-refractivity contribution in [2.75, 3.05) is 18.4 Å². The Bertz CT molecular complexity index is 824. The zero-order valence-corrected chi connectivity index (χ0v) is 12.5. The van der Waals surface area contributed by atoms with Crippen molar-refractivity contribution >= 4 is 11.5 Å². The van der Waals surface area contributed by atoms with Crippen LogP contribution in [0.4, 0.5) is 10.2 Å². The van der Waals surface area contributed by atoms with E-state index in [2.05, 4.69) is 25.6 Å². The molecule has 0 amide bonds. The van der Waals surface area contributed by atoms with E-state index in [1.54, 1.807) is 22.9 Å². The lowest BCUT2D eigenvalue weighted by Crippen LogP contribution is -2.38. The monoisotopic (exact) mass is 312 g/mol. The van der Waals surface area contributed by atoms with Crippen LogP contribution in [-0.2, 0) is 0 Å². The number of piperidine rings is 1. The summed E-state index contributed by atoms with van der Waals surface area (Å²) in [6, 6.07) is 5.24. The van der Waals surface area contributed by atoms with Crippen molar-refractivity contribution in [1.29, 1.82) is 0 Å². The number of hydrogen-bond donors (Lipinski definition) is 2. The van der Waals surface area contributed by atoms with Crippen LogP contribution >= 0.6 is 0 Å². The van der Waals surface area contributed by atoms with Crippen molar-refractivity contribution in [2.24, 2.45) is 0 Å². The summed E-state index contributed by atoms with van der Waals surface area (Å²) < 4.78 is 15.2. The van der Waals surface area contributed by atoms with Crippen molar-refractivity contribution < 1.29 is 4.39 Å². The van der Waals surface area contributed by atoms with Crippen molar-refractivity contribution in [1.82, 2.24) is 24.7 Å². The molecule has 7 heteroatoms. The molecule has 1 fully saturated rings. The van der Waals surface area contributed by atoms with Crippen LogP contribution in [0, 0.1) is 5.82 Å². The van der Waals surface area contributed by atoms with Gasteiger partial charge in [-0.15, -0.1) is 0 Å². The highest BCUT2D eigenvalue weighted by molar-refractivity contribution is 5.58. The lowest BCUT2D eigenvalue weighted by Gasteiger charge is -2.24. The number of anilines is 1. The van der Waals surface area contributed by atoms with Crippen LogP contribution in [0.25, 0.3) is 17.2 Å². The normalized spacial score (nSPS) is 18.2. The molecule has 3 aromatic heterocycles. The number of fused-ring (bicyclic) bond motifs is 1. The highest BCUT2D eigenvalue weighted by atomic mass is 19.1. The van der Waals surface area contributed by atoms with Gasteiger partial charge in [-0.25, -0.2) is 19.3 Å². The van der Waals surface area contributed by atoms with E-state index in [1.807, 2.05) is 6.07 Å². The van der Waals surface area contributed by atoms with Crippen LogP contribution in [0.15, 0.2) is 36.8 Å². The van der Waals surface area contributed by atoms with Gasteiger partial charge in [-0.2, -0.15) is 0 Å². The minimum atomic E-state index is -0.320. The summed E-state index contributed by atoms with van der Waals surface area (Å²) in [5.74, 6) is 0.978. The lowest BCUT2D eigenvalue weighted by molar-refractivity contribution is 0.479. The first kappa shape index (κ1) is 14.1. The SMILES string of the molecule is Fc1ccc2ncc(-c3nccc(N[C@@H]4CCCNC4)n3)n2c1. The molecule has 0 aromatic carbocycles. The fraction of sp³-hybridized carbons (Fsp3) is 0.312. The van der Waals surface area contributed by atoms with E-state index in [0.29, 0.717) is 23.2 Å². The van der Waals surface area contributed by atoms with Crippen molar-refractivity contribution in [3.05, 3.63) is 42.6 Å². The molecule has 4 rings (SSSR count). The summed E-state index contributed by atoms with van der Waals surface area (Å²) in [4.78, 5) is 13.1. The van der Waals surface area contributed by atoms with Crippen LogP contribution in [0.1, 0.15) is 12.8 Å². The Morgan fingerprint density at radius 3 is 3.09 bits per heavy atom. The third kappa shape index (κ3) is 2.87. The second-order valence-corrected chi connectivity index (χ2v) is 5.67. The Hall–Kier alpha value is -2.54. The molecule has 0 unspecified atom stereocenters. The zero-order valence-electron chi connectivity index (χ0n) is 12.5. The number of imidazole rings is 1. The van der Waals surface area contributed by atoms with Gasteiger partial charge in [0.05, 0.1) is 6.20 Å². The van der Waals surface area contributed by atoms with Gasteiger partial charge < -0.3 is 10.6 Å². The van der Waals surface area contributed by atoms with Gasteiger partial charge in [0.15, 0.2) is 5.82 Å². The maximum absolute atomic E-state index is 13.5. The van der Waals surface area contributed by atoms with Crippen LogP contribution in [-0.4, -0.2) is 38.5 Å². The van der Waals surface area contributed by atoms with Gasteiger partial charge in [0.1, 0.15) is 23.0 Å². The summed E-state index contributed by atoms with van der Waals surface area (Å²) in [5, 5.41) is 6.79. The van der Waals surface area contributed by atoms with Crippen molar-refractivity contribution in [3.8, 4) is 11.5 Å². The number of pyridine rings is 1. The summed E-state index contributed by atoms with van der Waals surface area (Å²) in [7, 11) is 0. The Balaban J connectivity index is 1.65. The van der Waals surface area contributed by atoms with Gasteiger partial charge in [-0.3, -0.25) is 4.40 Å². The Morgan fingerprint density at radius 1 is 1.26 bits per heavy atom. The Morgan fingerprint density at radius 2 is 2.22 bits per heavy atom. The number of halogens is 1. The molecule has 23 heavy (non-hydrogen) atoms. The van der Waals surface area contributed by atoms with E-state index in [0.717, 1.165) is 31.7 Å². The highest BCUT2D eigenvalue weighted by Crippen LogP contribution is 2.19. The van der Waals surface area contributed by atoms with E-state index in [4.69, 9.17) is 0 Å². The summed E-state index contributed by atoms with van der Waals surface area (Å²) in [6.45, 7) is 2.00. The standard InChI is InChI=1S/C16H17FN6/c17-11-3-4-15-20-9-13(23(15)10-11)16-19-7-5-14(22-16)21-12-2-1-6-18-8-12/h3-5,7,9-10,12,18H,1-2,6,8H2,(H,19,21,22)/t12-/m1/s1. The average Bonchev–Trinajstić information content (AvgIpc) is 2.99. The van der Waals surface area contributed by atoms with Gasteiger partial charge in [0.25, 0.3) is 0 Å². The number of aromatic nitrogens is 4. The molecule has 0 aliphatic carbocycles. The van der Waals surface area contributed by atoms with Crippen LogP contribution in [0.2, 0.25) is 0 Å². The van der Waals surface area contributed by atoms with E-state index < -0.39 is 0 Å². The molecule has 0 bridgehead atoms. The predicted octanol–water partition coefficient (Wildman–Crippen LogP) is 2.09. The van der Waals surface area contributed by atoms with E-state index in [1.165, 1.54) is 12.3 Å². The van der Waals surface area contributed by atoms with Gasteiger partial charge in [-0.05, 0) is 37.6 Å². The molecular formula is C16H17FN6. The number of hydrogen-bond acceptors (Lipinski definition) is 5. The molecular weight excluding hydrogens is 295 g/mol. The first-order chi connectivity index (χ1) is 11.3. The predicted molar refractivity (Wildman–Crippen MR) is 85.7 cm³/mol. The fourth-order valence-corrected chi connectivity index (χ4v) is 2.87. The summed E-state index contributed by atoms with van der Waals surface area (Å²) in [6.07, 6.45) is 7.04. The molecule has 0 radical (unpaired) electrons. The molecule has 118 valence electrons. The Labute approximate surface area is 132 Å². The minimum absolute atomic E-state index is 0.320. The van der Waals surface area contributed by atoms with Gasteiger partial charge in [0, 0.05) is 25.0 Å². The van der Waals surface area contributed by atoms with Gasteiger partial charge in [-0.1, -0.05) is 0 Å². The zero-order chi connectivity index (χ0) is 15.6. The quantitative estimate of drug-likeness (QED) is 0.775. The molecule has 1 aliphatic heterocycles. The molecule has 4 heterocycles. The highest BCUT2D eigenvalue weighted by Gasteiger charge is 2.14. The van der Waals surface area contributed by atoms with E-state index >= 15 is 0 Å². The molecule has 2 N–H and O–H groups in total. The first-order valence-electron chi connectivity index (χ1n) is 7.73. The largest absolute Gasteiger partial charge is 0.366 e. The minimum Gasteiger partial charge on any atom is -0.366 e. The topological polar surface area (TPSA) is 67.1 Å². The average molecular weight is 312 g/mol. The fourth-order valence-electron chi connectivity index (χ4n) is 2.87. The van der Waals surface area contributed by atoms with E-state index in [-0.39, 0.29) is 5.82 Å². The third-order valence-electron chi connectivity index (χ3n) is 4.00. The van der Waals surface area contributed by atoms with Crippen molar-refractivity contribution in [3.63, 3.8) is 0 Å². The van der Waals surface area contributed by atoms with Gasteiger partial charge >= 0.3 is 0 Å². The second-order valence-electron chi connectivity index (χ2n) is 5.67. The molecule has 1 saturated heterocycles. The molecule has 1 atom stereocenters. The van der Waals surface area contributed by atoms with Crippen LogP contribution < -0.4 is 10.6 Å². The molecule has 6 nitrogen and oxygen atoms in total. The van der Waals surface area contributed by atoms with Crippen molar-refractivity contribution in [2.45, 2.75) is 18.9 Å².